The molecule has 9 heteroatoms. The van der Waals surface area contributed by atoms with E-state index in [1.54, 1.807) is 12.3 Å². The molecule has 0 aliphatic rings. The first-order valence-electron chi connectivity index (χ1n) is 7.83. The topological polar surface area (TPSA) is 89.0 Å². The number of ether oxygens (including phenoxy) is 1. The van der Waals surface area contributed by atoms with Gasteiger partial charge in [0.05, 0.1) is 36.4 Å². The summed E-state index contributed by atoms with van der Waals surface area (Å²) in [6, 6.07) is 5.79. The summed E-state index contributed by atoms with van der Waals surface area (Å²) in [5, 5.41) is 6.09. The number of carbonyl (C=O) groups excluding carboxylic acids is 1. The maximum atomic E-state index is 14.2. The molecule has 0 fully saturated rings. The van der Waals surface area contributed by atoms with Gasteiger partial charge in [0.25, 0.3) is 0 Å². The minimum absolute atomic E-state index is 0.133. The van der Waals surface area contributed by atoms with Crippen molar-refractivity contribution in [2.45, 2.75) is 6.92 Å². The van der Waals surface area contributed by atoms with Gasteiger partial charge in [0.1, 0.15) is 5.82 Å². The minimum Gasteiger partial charge on any atom is -0.491 e. The molecule has 138 valence electrons. The van der Waals surface area contributed by atoms with Crippen LogP contribution in [0.2, 0.25) is 5.02 Å². The summed E-state index contributed by atoms with van der Waals surface area (Å²) in [6.45, 7) is 1.39. The number of hydrogen-bond acceptors (Lipinski definition) is 6. The van der Waals surface area contributed by atoms with Gasteiger partial charge < -0.3 is 15.4 Å². The van der Waals surface area contributed by atoms with Crippen LogP contribution in [-0.2, 0) is 4.79 Å². The van der Waals surface area contributed by atoms with Gasteiger partial charge in [-0.25, -0.2) is 14.4 Å². The highest BCUT2D eigenvalue weighted by molar-refractivity contribution is 6.30. The smallest absolute Gasteiger partial charge is 0.221 e. The van der Waals surface area contributed by atoms with Crippen molar-refractivity contribution in [1.29, 1.82) is 0 Å². The van der Waals surface area contributed by atoms with Crippen molar-refractivity contribution in [3.05, 3.63) is 53.7 Å². The van der Waals surface area contributed by atoms with E-state index in [4.69, 9.17) is 16.3 Å². The van der Waals surface area contributed by atoms with Crippen molar-refractivity contribution in [3.8, 4) is 17.1 Å². The Morgan fingerprint density at radius 1 is 1.22 bits per heavy atom. The maximum Gasteiger partial charge on any atom is 0.221 e. The van der Waals surface area contributed by atoms with Gasteiger partial charge in [-0.1, -0.05) is 11.6 Å². The first kappa shape index (κ1) is 18.5. The lowest BCUT2D eigenvalue weighted by atomic mass is 10.2. The summed E-state index contributed by atoms with van der Waals surface area (Å²) in [5.41, 5.74) is 1.15. The van der Waals surface area contributed by atoms with Crippen LogP contribution in [-0.4, -0.2) is 28.0 Å². The van der Waals surface area contributed by atoms with E-state index < -0.39 is 5.82 Å². The Hall–Kier alpha value is -3.26. The molecule has 2 aromatic heterocycles. The van der Waals surface area contributed by atoms with Crippen LogP contribution in [0.3, 0.4) is 0 Å². The molecule has 0 radical (unpaired) electrons. The first-order valence-corrected chi connectivity index (χ1v) is 8.21. The zero-order chi connectivity index (χ0) is 19.4. The summed E-state index contributed by atoms with van der Waals surface area (Å²) >= 11 is 5.95. The molecule has 27 heavy (non-hydrogen) atoms. The van der Waals surface area contributed by atoms with Crippen molar-refractivity contribution in [2.75, 3.05) is 17.7 Å². The molecular weight excluding hydrogens is 373 g/mol. The molecule has 0 bridgehead atoms. The molecule has 0 spiro atoms. The number of rotatable bonds is 5. The molecule has 3 rings (SSSR count). The van der Waals surface area contributed by atoms with Gasteiger partial charge in [-0.05, 0) is 24.3 Å². The molecule has 2 heterocycles. The van der Waals surface area contributed by atoms with Crippen LogP contribution >= 0.6 is 11.6 Å². The van der Waals surface area contributed by atoms with Gasteiger partial charge in [-0.2, -0.15) is 0 Å². The molecule has 3 aromatic rings. The van der Waals surface area contributed by atoms with Gasteiger partial charge in [0, 0.05) is 18.1 Å². The summed E-state index contributed by atoms with van der Waals surface area (Å²) < 4.78 is 19.4. The molecular formula is C18H15ClFN5O2. The van der Waals surface area contributed by atoms with Gasteiger partial charge in [-0.15, -0.1) is 0 Å². The number of benzene rings is 1. The van der Waals surface area contributed by atoms with Gasteiger partial charge in [-0.3, -0.25) is 9.78 Å². The van der Waals surface area contributed by atoms with Crippen molar-refractivity contribution < 1.29 is 13.9 Å². The third-order valence-electron chi connectivity index (χ3n) is 3.53. The van der Waals surface area contributed by atoms with Gasteiger partial charge in [0.15, 0.2) is 17.4 Å². The Balaban J connectivity index is 2.03. The Labute approximate surface area is 159 Å². The van der Waals surface area contributed by atoms with E-state index in [1.807, 2.05) is 0 Å². The molecule has 0 aliphatic heterocycles. The van der Waals surface area contributed by atoms with Crippen molar-refractivity contribution in [2.24, 2.45) is 0 Å². The van der Waals surface area contributed by atoms with Crippen LogP contribution in [0, 0.1) is 5.82 Å². The normalized spacial score (nSPS) is 10.4. The highest BCUT2D eigenvalue weighted by Gasteiger charge is 2.15. The summed E-state index contributed by atoms with van der Waals surface area (Å²) in [4.78, 5) is 23.9. The number of aromatic nitrogens is 3. The zero-order valence-corrected chi connectivity index (χ0v) is 15.2. The van der Waals surface area contributed by atoms with E-state index in [-0.39, 0.29) is 17.3 Å². The lowest BCUT2D eigenvalue weighted by Crippen LogP contribution is -2.09. The molecule has 2 N–H and O–H groups in total. The number of nitrogens with one attached hydrogen (secondary N) is 2. The number of methoxy groups -OCH3 is 1. The molecule has 0 saturated heterocycles. The standard InChI is InChI=1S/C18H15ClFN5O2/c1-10(26)23-15-8-21-6-5-14(15)24-18-16(27-2)9-22-17(25-18)12-7-11(19)3-4-13(12)20/h3-9H,1-2H3,(H,23,26)(H,21,22,24,25). The predicted molar refractivity (Wildman–Crippen MR) is 101 cm³/mol. The fraction of sp³-hybridized carbons (Fsp3) is 0.111. The fourth-order valence-corrected chi connectivity index (χ4v) is 2.50. The number of pyridine rings is 1. The largest absolute Gasteiger partial charge is 0.491 e. The van der Waals surface area contributed by atoms with E-state index in [0.717, 1.165) is 0 Å². The highest BCUT2D eigenvalue weighted by atomic mass is 35.5. The molecule has 0 unspecified atom stereocenters. The van der Waals surface area contributed by atoms with Crippen LogP contribution in [0.15, 0.2) is 42.9 Å². The monoisotopic (exact) mass is 387 g/mol. The van der Waals surface area contributed by atoms with Crippen molar-refractivity contribution >= 4 is 34.7 Å². The number of nitrogens with zero attached hydrogens (tertiary/aromatic N) is 3. The van der Waals surface area contributed by atoms with Crippen LogP contribution in [0.25, 0.3) is 11.4 Å². The van der Waals surface area contributed by atoms with Crippen molar-refractivity contribution in [3.63, 3.8) is 0 Å². The second-order valence-corrected chi connectivity index (χ2v) is 5.90. The molecule has 0 aliphatic carbocycles. The second-order valence-electron chi connectivity index (χ2n) is 5.46. The number of carbonyl (C=O) groups is 1. The van der Waals surface area contributed by atoms with Crippen molar-refractivity contribution in [1.82, 2.24) is 15.0 Å². The second kappa shape index (κ2) is 7.96. The highest BCUT2D eigenvalue weighted by Crippen LogP contribution is 2.31. The van der Waals surface area contributed by atoms with Crippen LogP contribution in [0.5, 0.6) is 5.75 Å². The van der Waals surface area contributed by atoms with Gasteiger partial charge >= 0.3 is 0 Å². The molecule has 0 atom stereocenters. The molecule has 7 nitrogen and oxygen atoms in total. The van der Waals surface area contributed by atoms with E-state index >= 15 is 0 Å². The van der Waals surface area contributed by atoms with E-state index in [2.05, 4.69) is 25.6 Å². The lowest BCUT2D eigenvalue weighted by molar-refractivity contribution is -0.114. The van der Waals surface area contributed by atoms with Crippen LogP contribution < -0.4 is 15.4 Å². The predicted octanol–water partition coefficient (Wildman–Crippen LogP) is 4.04. The Kier molecular flexibility index (Phi) is 5.46. The van der Waals surface area contributed by atoms with E-state index in [0.29, 0.717) is 28.0 Å². The third kappa shape index (κ3) is 4.29. The average molecular weight is 388 g/mol. The summed E-state index contributed by atoms with van der Waals surface area (Å²) in [6.07, 6.45) is 4.47. The molecule has 0 saturated carbocycles. The van der Waals surface area contributed by atoms with Crippen LogP contribution in [0.4, 0.5) is 21.6 Å². The molecule has 1 amide bonds. The van der Waals surface area contributed by atoms with E-state index in [1.165, 1.54) is 44.6 Å². The van der Waals surface area contributed by atoms with Crippen LogP contribution in [0.1, 0.15) is 6.92 Å². The Morgan fingerprint density at radius 2 is 2.04 bits per heavy atom. The maximum absolute atomic E-state index is 14.2. The Bertz CT molecular complexity index is 999. The minimum atomic E-state index is -0.502. The fourth-order valence-electron chi connectivity index (χ4n) is 2.33. The lowest BCUT2D eigenvalue weighted by Gasteiger charge is -2.14. The van der Waals surface area contributed by atoms with E-state index in [9.17, 15) is 9.18 Å². The SMILES string of the molecule is COc1cnc(-c2cc(Cl)ccc2F)nc1Nc1ccncc1NC(C)=O. The summed E-state index contributed by atoms with van der Waals surface area (Å²) in [7, 11) is 1.46. The number of hydrogen-bond donors (Lipinski definition) is 2. The zero-order valence-electron chi connectivity index (χ0n) is 14.5. The third-order valence-corrected chi connectivity index (χ3v) is 3.76. The first-order chi connectivity index (χ1) is 13.0. The summed E-state index contributed by atoms with van der Waals surface area (Å²) in [5.74, 6) is 0.0145. The number of anilines is 3. The average Bonchev–Trinajstić information content (AvgIpc) is 2.65. The number of amides is 1. The number of halogens is 2. The Morgan fingerprint density at radius 3 is 2.78 bits per heavy atom. The van der Waals surface area contributed by atoms with Gasteiger partial charge in [0.2, 0.25) is 5.91 Å². The molecule has 1 aromatic carbocycles. The quantitative estimate of drug-likeness (QED) is 0.686.